The van der Waals surface area contributed by atoms with E-state index in [1.165, 1.54) is 11.1 Å². The van der Waals surface area contributed by atoms with Crippen molar-refractivity contribution in [2.75, 3.05) is 33.2 Å². The van der Waals surface area contributed by atoms with Gasteiger partial charge in [-0.05, 0) is 83.6 Å². The number of piperazine rings is 1. The Kier molecular flexibility index (Phi) is 11.0. The summed E-state index contributed by atoms with van der Waals surface area (Å²) in [4.78, 5) is 28.8. The maximum Gasteiger partial charge on any atom is 0.335 e. The first-order valence-corrected chi connectivity index (χ1v) is 14.9. The van der Waals surface area contributed by atoms with Gasteiger partial charge in [0.25, 0.3) is 5.91 Å². The monoisotopic (exact) mass is 650 g/mol. The second kappa shape index (κ2) is 13.8. The second-order valence-corrected chi connectivity index (χ2v) is 13.7. The number of aromatic carboxylic acids is 1. The van der Waals surface area contributed by atoms with Crippen molar-refractivity contribution in [3.05, 3.63) is 95.1 Å². The van der Waals surface area contributed by atoms with Crippen molar-refractivity contribution in [3.8, 4) is 28.2 Å². The molecule has 0 saturated carbocycles. The molecule has 0 spiro atoms. The van der Waals surface area contributed by atoms with Crippen molar-refractivity contribution in [1.29, 1.82) is 0 Å². The number of amides is 1. The Morgan fingerprint density at radius 2 is 1.20 bits per heavy atom. The number of carbonyl (C=O) groups excluding carboxylic acids is 1. The average Bonchev–Trinajstić information content (AvgIpc) is 3.42. The summed E-state index contributed by atoms with van der Waals surface area (Å²) in [5.41, 5.74) is 7.65. The van der Waals surface area contributed by atoms with Gasteiger partial charge in [0.1, 0.15) is 0 Å². The topological polar surface area (TPSA) is 78.7 Å². The third-order valence-corrected chi connectivity index (χ3v) is 8.25. The molecule has 7 nitrogen and oxygen atoms in total. The highest BCUT2D eigenvalue weighted by Crippen LogP contribution is 2.36. The van der Waals surface area contributed by atoms with Crippen LogP contribution in [0.4, 0.5) is 0 Å². The lowest BCUT2D eigenvalue weighted by atomic mass is 9.79. The summed E-state index contributed by atoms with van der Waals surface area (Å²) in [5.74, 6) is -0.912. The quantitative estimate of drug-likeness (QED) is 0.239. The van der Waals surface area contributed by atoms with Crippen molar-refractivity contribution >= 4 is 36.7 Å². The van der Waals surface area contributed by atoms with Gasteiger partial charge in [-0.2, -0.15) is 5.10 Å². The van der Waals surface area contributed by atoms with Crippen molar-refractivity contribution in [3.63, 3.8) is 0 Å². The zero-order valence-electron chi connectivity index (χ0n) is 27.1. The summed E-state index contributed by atoms with van der Waals surface area (Å²) in [6, 6.07) is 23.3. The molecule has 5 rings (SSSR count). The minimum absolute atomic E-state index is 0. The molecule has 2 heterocycles. The number of likely N-dealkylation sites (N-methyl/N-ethyl adjacent to an activating group) is 1. The first-order valence-electron chi connectivity index (χ1n) is 14.9. The predicted molar refractivity (Wildman–Crippen MR) is 187 cm³/mol. The molecule has 1 aliphatic heterocycles. The van der Waals surface area contributed by atoms with E-state index in [1.54, 1.807) is 24.3 Å². The van der Waals surface area contributed by atoms with Gasteiger partial charge in [0.15, 0.2) is 0 Å². The first kappa shape index (κ1) is 35.8. The molecule has 1 amide bonds. The summed E-state index contributed by atoms with van der Waals surface area (Å²) >= 11 is 0. The summed E-state index contributed by atoms with van der Waals surface area (Å²) < 4.78 is 1.93. The highest BCUT2D eigenvalue weighted by molar-refractivity contribution is 5.94. The van der Waals surface area contributed by atoms with Gasteiger partial charge in [-0.1, -0.05) is 59.7 Å². The number of hydrogen-bond acceptors (Lipinski definition) is 4. The molecule has 0 unspecified atom stereocenters. The van der Waals surface area contributed by atoms with E-state index in [4.69, 9.17) is 5.10 Å². The Morgan fingerprint density at radius 3 is 1.69 bits per heavy atom. The van der Waals surface area contributed by atoms with Gasteiger partial charge in [0, 0.05) is 42.9 Å². The van der Waals surface area contributed by atoms with Gasteiger partial charge >= 0.3 is 5.97 Å². The lowest BCUT2D eigenvalue weighted by molar-refractivity contribution is 0.0662. The van der Waals surface area contributed by atoms with E-state index in [0.29, 0.717) is 5.56 Å². The Morgan fingerprint density at radius 1 is 0.689 bits per heavy atom. The summed E-state index contributed by atoms with van der Waals surface area (Å²) in [7, 11) is 2.08. The molecular formula is C36H44Cl2N4O3. The van der Waals surface area contributed by atoms with Crippen LogP contribution in [0.25, 0.3) is 28.2 Å². The molecule has 1 aliphatic rings. The molecule has 4 aromatic rings. The van der Waals surface area contributed by atoms with E-state index in [2.05, 4.69) is 77.8 Å². The van der Waals surface area contributed by atoms with Gasteiger partial charge in [0.2, 0.25) is 0 Å². The molecule has 1 aromatic heterocycles. The third-order valence-electron chi connectivity index (χ3n) is 8.25. The van der Waals surface area contributed by atoms with Crippen molar-refractivity contribution in [1.82, 2.24) is 19.6 Å². The normalized spacial score (nSPS) is 14.0. The smallest absolute Gasteiger partial charge is 0.335 e. The molecule has 1 N–H and O–H groups in total. The van der Waals surface area contributed by atoms with Gasteiger partial charge in [-0.25, -0.2) is 9.48 Å². The van der Waals surface area contributed by atoms with Crippen LogP contribution in [0.5, 0.6) is 0 Å². The lowest BCUT2D eigenvalue weighted by Gasteiger charge is -2.32. The maximum absolute atomic E-state index is 13.2. The van der Waals surface area contributed by atoms with Gasteiger partial charge in [0.05, 0.1) is 22.6 Å². The maximum atomic E-state index is 13.2. The fraction of sp³-hybridized carbons (Fsp3) is 0.361. The highest BCUT2D eigenvalue weighted by atomic mass is 35.5. The standard InChI is InChI=1S/C36H42N4O3.2ClH/c1-35(2,3)28-20-27(21-29(22-28)36(4,5)6)32-23-31(24-8-10-26(11-9-24)34(42)43)37-40(32)30-14-12-25(13-15-30)33(41)39-18-16-38(7)17-19-39;;/h8-15,20-23H,16-19H2,1-7H3,(H,42,43);2*1H. The Bertz CT molecular complexity index is 1610. The van der Waals surface area contributed by atoms with Gasteiger partial charge in [-0.3, -0.25) is 4.79 Å². The summed E-state index contributed by atoms with van der Waals surface area (Å²) in [6.07, 6.45) is 0. The van der Waals surface area contributed by atoms with Crippen molar-refractivity contribution in [2.24, 2.45) is 0 Å². The fourth-order valence-corrected chi connectivity index (χ4v) is 5.29. The van der Waals surface area contributed by atoms with Crippen LogP contribution < -0.4 is 0 Å². The zero-order valence-corrected chi connectivity index (χ0v) is 28.8. The Labute approximate surface area is 279 Å². The Hall–Kier alpha value is -3.65. The molecule has 3 aromatic carbocycles. The van der Waals surface area contributed by atoms with Crippen molar-refractivity contribution in [2.45, 2.75) is 52.4 Å². The third kappa shape index (κ3) is 7.96. The summed E-state index contributed by atoms with van der Waals surface area (Å²) in [5, 5.41) is 14.4. The fourth-order valence-electron chi connectivity index (χ4n) is 5.29. The average molecular weight is 652 g/mol. The molecule has 0 bridgehead atoms. The molecule has 1 fully saturated rings. The minimum atomic E-state index is -0.960. The molecule has 1 saturated heterocycles. The number of carbonyl (C=O) groups is 2. The van der Waals surface area contributed by atoms with Crippen LogP contribution in [-0.2, 0) is 10.8 Å². The lowest BCUT2D eigenvalue weighted by Crippen LogP contribution is -2.47. The number of aromatic nitrogens is 2. The van der Waals surface area contributed by atoms with Crippen LogP contribution in [0.3, 0.4) is 0 Å². The molecule has 0 atom stereocenters. The van der Waals surface area contributed by atoms with E-state index >= 15 is 0 Å². The number of rotatable bonds is 5. The Balaban J connectivity index is 0.00000276. The molecule has 9 heteroatoms. The SMILES string of the molecule is CN1CCN(C(=O)c2ccc(-n3nc(-c4ccc(C(=O)O)cc4)cc3-c3cc(C(C)(C)C)cc(C(C)(C)C)c3)cc2)CC1.Cl.Cl. The van der Waals surface area contributed by atoms with E-state index in [0.717, 1.165) is 54.4 Å². The predicted octanol–water partition coefficient (Wildman–Crippen LogP) is 7.73. The second-order valence-electron chi connectivity index (χ2n) is 13.7. The number of benzene rings is 3. The number of carboxylic acids is 1. The largest absolute Gasteiger partial charge is 0.478 e. The van der Waals surface area contributed by atoms with Crippen LogP contribution in [0, 0.1) is 0 Å². The zero-order chi connectivity index (χ0) is 31.1. The highest BCUT2D eigenvalue weighted by Gasteiger charge is 2.24. The molecular weight excluding hydrogens is 607 g/mol. The van der Waals surface area contributed by atoms with Crippen LogP contribution in [0.2, 0.25) is 0 Å². The molecule has 240 valence electrons. The first-order chi connectivity index (χ1) is 20.2. The minimum Gasteiger partial charge on any atom is -0.478 e. The van der Waals surface area contributed by atoms with E-state index in [1.807, 2.05) is 33.8 Å². The number of carboxylic acid groups (broad SMARTS) is 1. The molecule has 45 heavy (non-hydrogen) atoms. The number of nitrogens with zero attached hydrogens (tertiary/aromatic N) is 4. The number of halogens is 2. The van der Waals surface area contributed by atoms with Crippen LogP contribution >= 0.6 is 24.8 Å². The summed E-state index contributed by atoms with van der Waals surface area (Å²) in [6.45, 7) is 16.5. The van der Waals surface area contributed by atoms with Crippen LogP contribution in [-0.4, -0.2) is 69.8 Å². The van der Waals surface area contributed by atoms with E-state index in [-0.39, 0.29) is 47.1 Å². The molecule has 0 aliphatic carbocycles. The van der Waals surface area contributed by atoms with Crippen LogP contribution in [0.15, 0.2) is 72.8 Å². The van der Waals surface area contributed by atoms with Gasteiger partial charge < -0.3 is 14.9 Å². The molecule has 0 radical (unpaired) electrons. The number of hydrogen-bond donors (Lipinski definition) is 1. The van der Waals surface area contributed by atoms with E-state index in [9.17, 15) is 14.7 Å². The van der Waals surface area contributed by atoms with E-state index < -0.39 is 5.97 Å². The van der Waals surface area contributed by atoms with Crippen LogP contribution in [0.1, 0.15) is 73.4 Å². The van der Waals surface area contributed by atoms with Crippen molar-refractivity contribution < 1.29 is 14.7 Å². The van der Waals surface area contributed by atoms with Gasteiger partial charge in [-0.15, -0.1) is 24.8 Å².